The molecule has 0 aromatic carbocycles. The molecule has 1 saturated heterocycles. The molecule has 2 rings (SSSR count). The lowest BCUT2D eigenvalue weighted by molar-refractivity contribution is -0.206. The molecule has 202 valence electrons. The van der Waals surface area contributed by atoms with Gasteiger partial charge in [0, 0.05) is 21.0 Å². The third-order valence-corrected chi connectivity index (χ3v) is 5.18. The highest BCUT2D eigenvalue weighted by Crippen LogP contribution is 2.33. The van der Waals surface area contributed by atoms with E-state index < -0.39 is 59.9 Å². The standard InChI is InChI=1S/C26H38O10/c1-17(27)9-7-11-20(32-14-13-31-6)24-21(33-26(4,5)36-24)12-8-10-18(28)15-19(29)22-16-23(30)35-25(2,3)34-22/h7-8,10-11,16-17,20-21,24,27H,9,12-15H2,1-6H3/b10-8+,11-7-/t17-,20?,21-,24-/m0/s1. The van der Waals surface area contributed by atoms with Gasteiger partial charge in [0.05, 0.1) is 37.9 Å². The minimum Gasteiger partial charge on any atom is -0.449 e. The Kier molecular flexibility index (Phi) is 11.0. The molecule has 2 heterocycles. The van der Waals surface area contributed by atoms with Crippen LogP contribution in [-0.4, -0.2) is 79.0 Å². The molecule has 2 aliphatic rings. The minimum absolute atomic E-state index is 0.202. The molecule has 10 heteroatoms. The average Bonchev–Trinajstić information content (AvgIpc) is 3.05. The van der Waals surface area contributed by atoms with E-state index in [1.165, 1.54) is 19.9 Å². The first kappa shape index (κ1) is 29.9. The number of cyclic esters (lactones) is 1. The van der Waals surface area contributed by atoms with Gasteiger partial charge in [0.1, 0.15) is 12.2 Å². The first-order chi connectivity index (χ1) is 16.8. The van der Waals surface area contributed by atoms with Gasteiger partial charge in [0.25, 0.3) is 0 Å². The monoisotopic (exact) mass is 510 g/mol. The lowest BCUT2D eigenvalue weighted by Crippen LogP contribution is -2.37. The molecule has 0 spiro atoms. The molecule has 0 aromatic heterocycles. The number of carbonyl (C=O) groups is 3. The second-order valence-electron chi connectivity index (χ2n) is 9.62. The van der Waals surface area contributed by atoms with Crippen LogP contribution in [0.5, 0.6) is 0 Å². The zero-order valence-corrected chi connectivity index (χ0v) is 21.9. The maximum atomic E-state index is 12.4. The molecule has 36 heavy (non-hydrogen) atoms. The molecule has 0 radical (unpaired) electrons. The number of allylic oxidation sites excluding steroid dienone is 2. The summed E-state index contributed by atoms with van der Waals surface area (Å²) in [6, 6.07) is 0. The predicted octanol–water partition coefficient (Wildman–Crippen LogP) is 2.53. The molecule has 1 unspecified atom stereocenters. The van der Waals surface area contributed by atoms with Crippen LogP contribution in [0.2, 0.25) is 0 Å². The number of aliphatic hydroxyl groups is 1. The van der Waals surface area contributed by atoms with Crippen molar-refractivity contribution in [2.45, 2.75) is 89.9 Å². The summed E-state index contributed by atoms with van der Waals surface area (Å²) in [4.78, 5) is 36.4. The van der Waals surface area contributed by atoms with E-state index >= 15 is 0 Å². The quantitative estimate of drug-likeness (QED) is 0.122. The number of rotatable bonds is 14. The summed E-state index contributed by atoms with van der Waals surface area (Å²) in [7, 11) is 1.58. The SMILES string of the molecule is COCCOC(/C=C\C[C@H](C)O)[C@@H]1OC(C)(C)O[C@H]1C/C=C/C(=O)CC(=O)C1=CC(=O)OC(C)(C)O1. The molecule has 0 aromatic rings. The van der Waals surface area contributed by atoms with Crippen LogP contribution >= 0.6 is 0 Å². The van der Waals surface area contributed by atoms with Crippen LogP contribution in [0.25, 0.3) is 0 Å². The molecular formula is C26H38O10. The van der Waals surface area contributed by atoms with Crippen LogP contribution in [0.4, 0.5) is 0 Å². The second-order valence-corrected chi connectivity index (χ2v) is 9.62. The van der Waals surface area contributed by atoms with Gasteiger partial charge in [-0.3, -0.25) is 9.59 Å². The van der Waals surface area contributed by atoms with Gasteiger partial charge in [-0.25, -0.2) is 4.79 Å². The Hall–Kier alpha value is -2.37. The first-order valence-electron chi connectivity index (χ1n) is 12.0. The smallest absolute Gasteiger partial charge is 0.337 e. The Morgan fingerprint density at radius 2 is 1.83 bits per heavy atom. The largest absolute Gasteiger partial charge is 0.449 e. The Morgan fingerprint density at radius 1 is 1.11 bits per heavy atom. The molecular weight excluding hydrogens is 472 g/mol. The van der Waals surface area contributed by atoms with E-state index in [2.05, 4.69) is 0 Å². The number of ketones is 2. The van der Waals surface area contributed by atoms with Gasteiger partial charge < -0.3 is 33.5 Å². The zero-order chi connectivity index (χ0) is 26.9. The Labute approximate surface area is 212 Å². The molecule has 0 aliphatic carbocycles. The first-order valence-corrected chi connectivity index (χ1v) is 12.0. The van der Waals surface area contributed by atoms with Gasteiger partial charge in [-0.2, -0.15) is 0 Å². The molecule has 10 nitrogen and oxygen atoms in total. The van der Waals surface area contributed by atoms with E-state index in [9.17, 15) is 19.5 Å². The lowest BCUT2D eigenvalue weighted by atomic mass is 10.0. The second kappa shape index (κ2) is 13.3. The topological polar surface area (TPSA) is 127 Å². The summed E-state index contributed by atoms with van der Waals surface area (Å²) < 4.78 is 33.5. The molecule has 4 atom stereocenters. The third kappa shape index (κ3) is 9.94. The number of esters is 1. The summed E-state index contributed by atoms with van der Waals surface area (Å²) in [6.45, 7) is 9.03. The summed E-state index contributed by atoms with van der Waals surface area (Å²) in [5.74, 6) is -4.09. The molecule has 0 amide bonds. The van der Waals surface area contributed by atoms with E-state index in [0.29, 0.717) is 26.1 Å². The van der Waals surface area contributed by atoms with Gasteiger partial charge in [0.15, 0.2) is 17.3 Å². The van der Waals surface area contributed by atoms with Crippen LogP contribution in [0.1, 0.15) is 53.9 Å². The summed E-state index contributed by atoms with van der Waals surface area (Å²) in [5.41, 5.74) is 0. The highest BCUT2D eigenvalue weighted by atomic mass is 16.8. The fourth-order valence-corrected chi connectivity index (χ4v) is 3.73. The molecule has 0 bridgehead atoms. The number of hydrogen-bond donors (Lipinski definition) is 1. The average molecular weight is 511 g/mol. The van der Waals surface area contributed by atoms with E-state index in [1.807, 2.05) is 12.2 Å². The molecule has 1 N–H and O–H groups in total. The van der Waals surface area contributed by atoms with Crippen molar-refractivity contribution in [3.05, 3.63) is 36.1 Å². The Balaban J connectivity index is 2.02. The molecule has 2 aliphatic heterocycles. The van der Waals surface area contributed by atoms with Gasteiger partial charge in [-0.1, -0.05) is 18.2 Å². The van der Waals surface area contributed by atoms with Crippen molar-refractivity contribution in [2.24, 2.45) is 0 Å². The van der Waals surface area contributed by atoms with E-state index in [-0.39, 0.29) is 5.76 Å². The highest BCUT2D eigenvalue weighted by molar-refractivity contribution is 6.11. The van der Waals surface area contributed by atoms with Crippen molar-refractivity contribution in [3.63, 3.8) is 0 Å². The summed E-state index contributed by atoms with van der Waals surface area (Å²) in [5, 5.41) is 9.56. The lowest BCUT2D eigenvalue weighted by Gasteiger charge is -2.29. The number of ether oxygens (including phenoxy) is 6. The number of aliphatic hydroxyl groups excluding tert-OH is 1. The fraction of sp³-hybridized carbons (Fsp3) is 0.654. The number of Topliss-reactive ketones (excluding diaryl/α,β-unsaturated/α-hetero) is 1. The van der Waals surface area contributed by atoms with Crippen LogP contribution < -0.4 is 0 Å². The van der Waals surface area contributed by atoms with Gasteiger partial charge in [0.2, 0.25) is 11.6 Å². The maximum absolute atomic E-state index is 12.4. The van der Waals surface area contributed by atoms with Crippen molar-refractivity contribution >= 4 is 17.5 Å². The van der Waals surface area contributed by atoms with Crippen molar-refractivity contribution in [1.29, 1.82) is 0 Å². The maximum Gasteiger partial charge on any atom is 0.337 e. The van der Waals surface area contributed by atoms with Crippen LogP contribution in [0.3, 0.4) is 0 Å². The minimum atomic E-state index is -1.27. The van der Waals surface area contributed by atoms with Crippen LogP contribution in [-0.2, 0) is 42.8 Å². The van der Waals surface area contributed by atoms with Crippen molar-refractivity contribution in [1.82, 2.24) is 0 Å². The van der Waals surface area contributed by atoms with Crippen LogP contribution in [0.15, 0.2) is 36.1 Å². The summed E-state index contributed by atoms with van der Waals surface area (Å²) >= 11 is 0. The van der Waals surface area contributed by atoms with E-state index in [0.717, 1.165) is 6.08 Å². The number of methoxy groups -OCH3 is 1. The Bertz CT molecular complexity index is 868. The number of carbonyl (C=O) groups excluding carboxylic acids is 3. The van der Waals surface area contributed by atoms with Crippen LogP contribution in [0, 0.1) is 0 Å². The molecule has 0 saturated carbocycles. The highest BCUT2D eigenvalue weighted by Gasteiger charge is 2.44. The fourth-order valence-electron chi connectivity index (χ4n) is 3.73. The normalized spacial score (nSPS) is 24.9. The van der Waals surface area contributed by atoms with Gasteiger partial charge in [-0.15, -0.1) is 0 Å². The van der Waals surface area contributed by atoms with Crippen molar-refractivity contribution in [2.75, 3.05) is 20.3 Å². The van der Waals surface area contributed by atoms with E-state index in [4.69, 9.17) is 28.4 Å². The Morgan fingerprint density at radius 3 is 2.47 bits per heavy atom. The third-order valence-electron chi connectivity index (χ3n) is 5.18. The predicted molar refractivity (Wildman–Crippen MR) is 129 cm³/mol. The van der Waals surface area contributed by atoms with Crippen molar-refractivity contribution in [3.8, 4) is 0 Å². The van der Waals surface area contributed by atoms with Gasteiger partial charge in [-0.05, 0) is 39.7 Å². The number of hydrogen-bond acceptors (Lipinski definition) is 10. The zero-order valence-electron chi connectivity index (χ0n) is 21.9. The van der Waals surface area contributed by atoms with Gasteiger partial charge >= 0.3 is 5.97 Å². The van der Waals surface area contributed by atoms with Crippen molar-refractivity contribution < 1.29 is 47.9 Å². The summed E-state index contributed by atoms with van der Waals surface area (Å²) in [6.07, 6.45) is 6.03. The van der Waals surface area contributed by atoms with E-state index in [1.54, 1.807) is 34.0 Å². The molecule has 1 fully saturated rings.